The van der Waals surface area contributed by atoms with Gasteiger partial charge in [0.1, 0.15) is 10.8 Å². The van der Waals surface area contributed by atoms with Crippen LogP contribution in [0.15, 0.2) is 58.0 Å². The van der Waals surface area contributed by atoms with Gasteiger partial charge in [-0.2, -0.15) is 0 Å². The molecule has 2 aromatic heterocycles. The Morgan fingerprint density at radius 1 is 1.31 bits per heavy atom. The van der Waals surface area contributed by atoms with Gasteiger partial charge in [-0.3, -0.25) is 9.36 Å². The van der Waals surface area contributed by atoms with Gasteiger partial charge in [-0.1, -0.05) is 33.8 Å². The Morgan fingerprint density at radius 3 is 2.75 bits per heavy atom. The molecule has 11 heteroatoms. The minimum Gasteiger partial charge on any atom is -0.483 e. The van der Waals surface area contributed by atoms with E-state index >= 15 is 0 Å². The van der Waals surface area contributed by atoms with E-state index in [0.717, 1.165) is 4.47 Å². The van der Waals surface area contributed by atoms with Crippen LogP contribution >= 0.6 is 39.0 Å². The molecule has 8 nitrogen and oxygen atoms in total. The first-order valence-electron chi connectivity index (χ1n) is 9.47. The number of methoxy groups -OCH3 is 1. The summed E-state index contributed by atoms with van der Waals surface area (Å²) in [6.07, 6.45) is 1.37. The SMILES string of the molecule is C=CCn1c(SCC(=O)Nc2sccc2C(=O)OC)nnc1C(C)Oc1ccc(Br)cc1. The number of hydrogen-bond donors (Lipinski definition) is 1. The van der Waals surface area contributed by atoms with Crippen molar-refractivity contribution < 1.29 is 19.1 Å². The summed E-state index contributed by atoms with van der Waals surface area (Å²) in [4.78, 5) is 24.2. The number of ether oxygens (including phenoxy) is 2. The molecular weight excluding hydrogens is 516 g/mol. The first-order chi connectivity index (χ1) is 15.4. The molecule has 3 aromatic rings. The molecule has 1 amide bonds. The van der Waals surface area contributed by atoms with Gasteiger partial charge in [0.25, 0.3) is 0 Å². The highest BCUT2D eigenvalue weighted by Crippen LogP contribution is 2.27. The fraction of sp³-hybridized carbons (Fsp3) is 0.238. The molecule has 0 spiro atoms. The van der Waals surface area contributed by atoms with Crippen LogP contribution in [-0.4, -0.2) is 39.5 Å². The van der Waals surface area contributed by atoms with Gasteiger partial charge in [0.05, 0.1) is 18.4 Å². The Bertz CT molecular complexity index is 1100. The lowest BCUT2D eigenvalue weighted by atomic mass is 10.3. The Kier molecular flexibility index (Phi) is 8.48. The maximum atomic E-state index is 12.4. The molecule has 0 bridgehead atoms. The van der Waals surface area contributed by atoms with Crippen LogP contribution in [0, 0.1) is 0 Å². The maximum absolute atomic E-state index is 12.4. The molecule has 0 aliphatic heterocycles. The van der Waals surface area contributed by atoms with E-state index in [0.29, 0.717) is 33.8 Å². The monoisotopic (exact) mass is 536 g/mol. The van der Waals surface area contributed by atoms with E-state index in [1.54, 1.807) is 17.5 Å². The maximum Gasteiger partial charge on any atom is 0.340 e. The van der Waals surface area contributed by atoms with Crippen molar-refractivity contribution in [1.82, 2.24) is 14.8 Å². The molecule has 0 radical (unpaired) electrons. The zero-order valence-electron chi connectivity index (χ0n) is 17.4. The summed E-state index contributed by atoms with van der Waals surface area (Å²) in [6, 6.07) is 9.13. The molecule has 1 N–H and O–H groups in total. The number of amides is 1. The van der Waals surface area contributed by atoms with Gasteiger partial charge in [-0.15, -0.1) is 28.1 Å². The van der Waals surface area contributed by atoms with E-state index in [4.69, 9.17) is 9.47 Å². The molecule has 32 heavy (non-hydrogen) atoms. The van der Waals surface area contributed by atoms with Crippen LogP contribution in [0.5, 0.6) is 5.75 Å². The second-order valence-corrected chi connectivity index (χ2v) is 9.22. The predicted molar refractivity (Wildman–Crippen MR) is 128 cm³/mol. The Hall–Kier alpha value is -2.63. The summed E-state index contributed by atoms with van der Waals surface area (Å²) in [5.41, 5.74) is 0.326. The smallest absolute Gasteiger partial charge is 0.340 e. The van der Waals surface area contributed by atoms with Crippen molar-refractivity contribution in [3.05, 3.63) is 64.2 Å². The molecule has 0 aliphatic carbocycles. The number of nitrogens with one attached hydrogen (secondary N) is 1. The van der Waals surface area contributed by atoms with Crippen molar-refractivity contribution in [2.24, 2.45) is 0 Å². The van der Waals surface area contributed by atoms with Gasteiger partial charge in [0, 0.05) is 11.0 Å². The fourth-order valence-electron chi connectivity index (χ4n) is 2.75. The summed E-state index contributed by atoms with van der Waals surface area (Å²) in [7, 11) is 1.30. The molecule has 0 aliphatic rings. The highest BCUT2D eigenvalue weighted by Gasteiger charge is 2.21. The molecule has 1 atom stereocenters. The van der Waals surface area contributed by atoms with Crippen LogP contribution in [0.3, 0.4) is 0 Å². The second-order valence-electron chi connectivity index (χ2n) is 6.45. The topological polar surface area (TPSA) is 95.3 Å². The highest BCUT2D eigenvalue weighted by atomic mass is 79.9. The number of thiophene rings is 1. The number of benzene rings is 1. The summed E-state index contributed by atoms with van der Waals surface area (Å²) in [5.74, 6) is 0.665. The van der Waals surface area contributed by atoms with Crippen LogP contribution in [-0.2, 0) is 16.1 Å². The standard InChI is InChI=1S/C21H21BrN4O4S2/c1-4-10-26-18(13(2)30-15-7-5-14(22)6-8-15)24-25-21(26)32-12-17(27)23-19-16(9-11-31-19)20(28)29-3/h4-9,11,13H,1,10,12H2,2-3H3,(H,23,27). The van der Waals surface area contributed by atoms with Gasteiger partial charge in [-0.05, 0) is 42.6 Å². The number of rotatable bonds is 10. The molecule has 0 fully saturated rings. The predicted octanol–water partition coefficient (Wildman–Crippen LogP) is 4.95. The van der Waals surface area contributed by atoms with Crippen molar-refractivity contribution in [2.45, 2.75) is 24.7 Å². The van der Waals surface area contributed by atoms with Gasteiger partial charge < -0.3 is 14.8 Å². The minimum absolute atomic E-state index is 0.0930. The first-order valence-corrected chi connectivity index (χ1v) is 12.1. The summed E-state index contributed by atoms with van der Waals surface area (Å²) in [6.45, 7) is 6.15. The average Bonchev–Trinajstić information content (AvgIpc) is 3.40. The lowest BCUT2D eigenvalue weighted by Crippen LogP contribution is -2.16. The summed E-state index contributed by atoms with van der Waals surface area (Å²) < 4.78 is 13.5. The van der Waals surface area contributed by atoms with E-state index in [1.165, 1.54) is 30.2 Å². The fourth-order valence-corrected chi connectivity index (χ4v) is 4.56. The van der Waals surface area contributed by atoms with Gasteiger partial charge in [0.15, 0.2) is 17.1 Å². The Balaban J connectivity index is 1.66. The highest BCUT2D eigenvalue weighted by molar-refractivity contribution is 9.10. The quantitative estimate of drug-likeness (QED) is 0.222. The third kappa shape index (κ3) is 5.99. The van der Waals surface area contributed by atoms with Gasteiger partial charge in [0.2, 0.25) is 5.91 Å². The number of anilines is 1. The Labute approximate surface area is 202 Å². The van der Waals surface area contributed by atoms with Gasteiger partial charge >= 0.3 is 5.97 Å². The van der Waals surface area contributed by atoms with Crippen LogP contribution in [0.1, 0.15) is 29.2 Å². The number of esters is 1. The largest absolute Gasteiger partial charge is 0.483 e. The number of hydrogen-bond acceptors (Lipinski definition) is 8. The van der Waals surface area contributed by atoms with E-state index in [1.807, 2.05) is 35.8 Å². The van der Waals surface area contributed by atoms with Crippen LogP contribution < -0.4 is 10.1 Å². The molecule has 3 rings (SSSR count). The number of carbonyl (C=O) groups excluding carboxylic acids is 2. The number of carbonyl (C=O) groups is 2. The molecule has 1 aromatic carbocycles. The van der Waals surface area contributed by atoms with Crippen LogP contribution in [0.4, 0.5) is 5.00 Å². The zero-order valence-corrected chi connectivity index (χ0v) is 20.6. The van der Waals surface area contributed by atoms with E-state index < -0.39 is 5.97 Å². The summed E-state index contributed by atoms with van der Waals surface area (Å²) in [5, 5.41) is 14.0. The third-order valence-electron chi connectivity index (χ3n) is 4.20. The lowest BCUT2D eigenvalue weighted by molar-refractivity contribution is -0.113. The van der Waals surface area contributed by atoms with Crippen LogP contribution in [0.2, 0.25) is 0 Å². The van der Waals surface area contributed by atoms with Crippen molar-refractivity contribution in [1.29, 1.82) is 0 Å². The molecule has 0 saturated carbocycles. The molecule has 2 heterocycles. The first kappa shape index (κ1) is 24.0. The summed E-state index contributed by atoms with van der Waals surface area (Å²) >= 11 is 5.90. The number of thioether (sulfide) groups is 1. The number of halogens is 1. The Morgan fingerprint density at radius 2 is 2.06 bits per heavy atom. The normalized spacial score (nSPS) is 11.6. The average molecular weight is 537 g/mol. The van der Waals surface area contributed by atoms with E-state index in [9.17, 15) is 9.59 Å². The molecule has 0 saturated heterocycles. The number of aromatic nitrogens is 3. The molecule has 1 unspecified atom stereocenters. The van der Waals surface area contributed by atoms with Crippen molar-refractivity contribution in [3.8, 4) is 5.75 Å². The third-order valence-corrected chi connectivity index (χ3v) is 6.53. The molecular formula is C21H21BrN4O4S2. The second kappa shape index (κ2) is 11.3. The van der Waals surface area contributed by atoms with Crippen molar-refractivity contribution in [3.63, 3.8) is 0 Å². The molecule has 168 valence electrons. The van der Waals surface area contributed by atoms with Crippen molar-refractivity contribution >= 4 is 55.9 Å². The number of allylic oxidation sites excluding steroid dienone is 1. The van der Waals surface area contributed by atoms with E-state index in [-0.39, 0.29) is 17.8 Å². The van der Waals surface area contributed by atoms with E-state index in [2.05, 4.69) is 38.0 Å². The zero-order chi connectivity index (χ0) is 23.1. The van der Waals surface area contributed by atoms with Gasteiger partial charge in [-0.25, -0.2) is 4.79 Å². The minimum atomic E-state index is -0.496. The number of nitrogens with zero attached hydrogens (tertiary/aromatic N) is 3. The van der Waals surface area contributed by atoms with Crippen molar-refractivity contribution in [2.75, 3.05) is 18.2 Å². The van der Waals surface area contributed by atoms with Crippen LogP contribution in [0.25, 0.3) is 0 Å². The lowest BCUT2D eigenvalue weighted by Gasteiger charge is -2.15.